The van der Waals surface area contributed by atoms with Crippen LogP contribution >= 0.6 is 11.3 Å². The number of aryl methyl sites for hydroxylation is 1. The number of rotatable bonds is 6. The summed E-state index contributed by atoms with van der Waals surface area (Å²) in [7, 11) is 1.72. The summed E-state index contributed by atoms with van der Waals surface area (Å²) in [5.74, 6) is 1.68. The Morgan fingerprint density at radius 3 is 2.89 bits per heavy atom. The van der Waals surface area contributed by atoms with Crippen molar-refractivity contribution in [3.8, 4) is 5.75 Å². The number of hydrogen-bond acceptors (Lipinski definition) is 4. The molecule has 28 heavy (non-hydrogen) atoms. The number of hydrogen-bond donors (Lipinski definition) is 1. The molecule has 5 heteroatoms. The van der Waals surface area contributed by atoms with Crippen molar-refractivity contribution in [3.63, 3.8) is 0 Å². The van der Waals surface area contributed by atoms with Gasteiger partial charge in [-0.05, 0) is 68.8 Å². The van der Waals surface area contributed by atoms with E-state index in [2.05, 4.69) is 35.3 Å². The fourth-order valence-electron chi connectivity index (χ4n) is 4.52. The van der Waals surface area contributed by atoms with E-state index < -0.39 is 0 Å². The molecule has 2 aliphatic rings. The Kier molecular flexibility index (Phi) is 6.02. The maximum Gasteiger partial charge on any atom is 0.261 e. The lowest BCUT2D eigenvalue weighted by molar-refractivity contribution is 0.0941. The smallest absolute Gasteiger partial charge is 0.261 e. The molecule has 1 aromatic heterocycles. The highest BCUT2D eigenvalue weighted by Gasteiger charge is 2.27. The Morgan fingerprint density at radius 2 is 2.11 bits per heavy atom. The number of ether oxygens (including phenoxy) is 1. The maximum absolute atomic E-state index is 12.9. The highest BCUT2D eigenvalue weighted by atomic mass is 32.1. The molecule has 1 amide bonds. The topological polar surface area (TPSA) is 41.6 Å². The highest BCUT2D eigenvalue weighted by Crippen LogP contribution is 2.33. The van der Waals surface area contributed by atoms with Gasteiger partial charge in [0.15, 0.2) is 0 Å². The number of fused-ring (bicyclic) bond motifs is 1. The second kappa shape index (κ2) is 8.66. The van der Waals surface area contributed by atoms with Gasteiger partial charge in [0.25, 0.3) is 5.91 Å². The summed E-state index contributed by atoms with van der Waals surface area (Å²) in [6.07, 6.45) is 5.90. The molecule has 2 atom stereocenters. The molecule has 150 valence electrons. The molecule has 0 spiro atoms. The van der Waals surface area contributed by atoms with Crippen LogP contribution in [-0.2, 0) is 12.8 Å². The van der Waals surface area contributed by atoms with Gasteiger partial charge < -0.3 is 10.1 Å². The largest absolute Gasteiger partial charge is 0.496 e. The molecule has 1 aliphatic carbocycles. The molecule has 1 aromatic carbocycles. The molecule has 0 saturated carbocycles. The molecule has 4 rings (SSSR count). The van der Waals surface area contributed by atoms with Crippen LogP contribution in [0.4, 0.5) is 0 Å². The third-order valence-electron chi connectivity index (χ3n) is 6.09. The fourth-order valence-corrected chi connectivity index (χ4v) is 5.65. The second-order valence-electron chi connectivity index (χ2n) is 8.12. The zero-order valence-electron chi connectivity index (χ0n) is 16.9. The Hall–Kier alpha value is -1.85. The highest BCUT2D eigenvalue weighted by molar-refractivity contribution is 7.14. The van der Waals surface area contributed by atoms with Crippen molar-refractivity contribution < 1.29 is 9.53 Å². The van der Waals surface area contributed by atoms with Gasteiger partial charge in [0.1, 0.15) is 5.75 Å². The molecular weight excluding hydrogens is 368 g/mol. The fraction of sp³-hybridized carbons (Fsp3) is 0.522. The Bertz CT molecular complexity index is 826. The van der Waals surface area contributed by atoms with Crippen molar-refractivity contribution in [2.75, 3.05) is 26.7 Å². The van der Waals surface area contributed by atoms with Gasteiger partial charge >= 0.3 is 0 Å². The standard InChI is InChI=1S/C23H30N2O2S/c1-16-9-10-21-17(13-16)14-22(28-21)23(26)24-15-19(25-11-5-6-12-25)18-7-3-4-8-20(18)27-2/h3-4,7-8,14,16,19H,5-6,9-13,15H2,1-2H3,(H,24,26)/t16-,19-/m1/s1. The lowest BCUT2D eigenvalue weighted by atomic mass is 9.90. The van der Waals surface area contributed by atoms with Crippen LogP contribution in [0.3, 0.4) is 0 Å². The summed E-state index contributed by atoms with van der Waals surface area (Å²) in [5.41, 5.74) is 2.54. The van der Waals surface area contributed by atoms with E-state index in [0.29, 0.717) is 6.54 Å². The van der Waals surface area contributed by atoms with Crippen LogP contribution in [0.5, 0.6) is 5.75 Å². The molecule has 2 aromatic rings. The SMILES string of the molecule is COc1ccccc1[C@@H](CNC(=O)c1cc2c(s1)CC[C@@H](C)C2)N1CCCC1. The lowest BCUT2D eigenvalue weighted by Crippen LogP contribution is -2.36. The first-order chi connectivity index (χ1) is 13.7. The number of nitrogens with one attached hydrogen (secondary N) is 1. The van der Waals surface area contributed by atoms with Crippen LogP contribution < -0.4 is 10.1 Å². The molecule has 2 heterocycles. The monoisotopic (exact) mass is 398 g/mol. The minimum absolute atomic E-state index is 0.0612. The van der Waals surface area contributed by atoms with Crippen LogP contribution in [0.2, 0.25) is 0 Å². The molecule has 1 fully saturated rings. The van der Waals surface area contributed by atoms with Crippen molar-refractivity contribution in [1.29, 1.82) is 0 Å². The minimum Gasteiger partial charge on any atom is -0.496 e. The molecule has 1 saturated heterocycles. The van der Waals surface area contributed by atoms with Gasteiger partial charge in [-0.3, -0.25) is 9.69 Å². The van der Waals surface area contributed by atoms with E-state index in [1.165, 1.54) is 29.7 Å². The summed E-state index contributed by atoms with van der Waals surface area (Å²) in [4.78, 5) is 17.6. The third kappa shape index (κ3) is 4.11. The quantitative estimate of drug-likeness (QED) is 0.782. The van der Waals surface area contributed by atoms with E-state index in [4.69, 9.17) is 4.74 Å². The molecular formula is C23H30N2O2S. The summed E-state index contributed by atoms with van der Waals surface area (Å²) in [5, 5.41) is 3.22. The molecule has 4 nitrogen and oxygen atoms in total. The summed E-state index contributed by atoms with van der Waals surface area (Å²) in [6.45, 7) is 5.06. The third-order valence-corrected chi connectivity index (χ3v) is 7.32. The van der Waals surface area contributed by atoms with Gasteiger partial charge in [0.2, 0.25) is 0 Å². The first kappa shape index (κ1) is 19.5. The Labute approximate surface area is 171 Å². The number of carbonyl (C=O) groups is 1. The van der Waals surface area contributed by atoms with Crippen LogP contribution in [0.25, 0.3) is 0 Å². The first-order valence-electron chi connectivity index (χ1n) is 10.4. The van der Waals surface area contributed by atoms with Gasteiger partial charge in [0.05, 0.1) is 18.0 Å². The van der Waals surface area contributed by atoms with Crippen LogP contribution in [0.15, 0.2) is 30.3 Å². The second-order valence-corrected chi connectivity index (χ2v) is 9.25. The minimum atomic E-state index is 0.0612. The molecule has 0 unspecified atom stereocenters. The van der Waals surface area contributed by atoms with Gasteiger partial charge in [-0.15, -0.1) is 11.3 Å². The molecule has 0 radical (unpaired) electrons. The van der Waals surface area contributed by atoms with Crippen molar-refractivity contribution in [3.05, 3.63) is 51.2 Å². The Balaban J connectivity index is 1.49. The van der Waals surface area contributed by atoms with Crippen LogP contribution in [-0.4, -0.2) is 37.6 Å². The predicted molar refractivity (Wildman–Crippen MR) is 114 cm³/mol. The normalized spacial score (nSPS) is 20.6. The number of carbonyl (C=O) groups excluding carboxylic acids is 1. The number of thiophene rings is 1. The van der Waals surface area contributed by atoms with Crippen molar-refractivity contribution >= 4 is 17.2 Å². The van der Waals surface area contributed by atoms with Crippen molar-refractivity contribution in [2.24, 2.45) is 5.92 Å². The summed E-state index contributed by atoms with van der Waals surface area (Å²) < 4.78 is 5.61. The van der Waals surface area contributed by atoms with E-state index >= 15 is 0 Å². The number of para-hydroxylation sites is 1. The van der Waals surface area contributed by atoms with E-state index in [1.54, 1.807) is 18.4 Å². The molecule has 0 bridgehead atoms. The summed E-state index contributed by atoms with van der Waals surface area (Å²) in [6, 6.07) is 10.5. The number of likely N-dealkylation sites (tertiary alicyclic amines) is 1. The van der Waals surface area contributed by atoms with Gasteiger partial charge in [-0.25, -0.2) is 0 Å². The van der Waals surface area contributed by atoms with Gasteiger partial charge in [-0.1, -0.05) is 25.1 Å². The predicted octanol–water partition coefficient (Wildman–Crippen LogP) is 4.45. The lowest BCUT2D eigenvalue weighted by Gasteiger charge is -2.29. The average molecular weight is 399 g/mol. The van der Waals surface area contributed by atoms with Crippen LogP contribution in [0, 0.1) is 5.92 Å². The van der Waals surface area contributed by atoms with E-state index in [9.17, 15) is 4.79 Å². The van der Waals surface area contributed by atoms with Gasteiger partial charge in [0, 0.05) is 17.0 Å². The molecule has 1 N–H and O–H groups in total. The van der Waals surface area contributed by atoms with Crippen LogP contribution in [0.1, 0.15) is 57.9 Å². The number of amides is 1. The van der Waals surface area contributed by atoms with E-state index in [0.717, 1.165) is 48.0 Å². The molecule has 1 aliphatic heterocycles. The van der Waals surface area contributed by atoms with E-state index in [1.807, 2.05) is 12.1 Å². The zero-order chi connectivity index (χ0) is 19.5. The van der Waals surface area contributed by atoms with Crippen molar-refractivity contribution in [2.45, 2.75) is 45.1 Å². The maximum atomic E-state index is 12.9. The zero-order valence-corrected chi connectivity index (χ0v) is 17.7. The average Bonchev–Trinajstić information content (AvgIpc) is 3.38. The summed E-state index contributed by atoms with van der Waals surface area (Å²) >= 11 is 1.68. The van der Waals surface area contributed by atoms with E-state index in [-0.39, 0.29) is 11.9 Å². The Morgan fingerprint density at radius 1 is 1.32 bits per heavy atom. The van der Waals surface area contributed by atoms with Crippen molar-refractivity contribution in [1.82, 2.24) is 10.2 Å². The van der Waals surface area contributed by atoms with Gasteiger partial charge in [-0.2, -0.15) is 0 Å². The number of benzene rings is 1. The number of methoxy groups -OCH3 is 1. The first-order valence-corrected chi connectivity index (χ1v) is 11.2. The number of nitrogens with zero attached hydrogens (tertiary/aromatic N) is 1.